The molecule has 35 heavy (non-hydrogen) atoms. The van der Waals surface area contributed by atoms with Crippen LogP contribution < -0.4 is 16.2 Å². The molecule has 0 bridgehead atoms. The molecule has 0 aliphatic carbocycles. The summed E-state index contributed by atoms with van der Waals surface area (Å²) in [5.74, 6) is -1.20. The van der Waals surface area contributed by atoms with Gasteiger partial charge in [0.25, 0.3) is 0 Å². The van der Waals surface area contributed by atoms with Crippen LogP contribution in [0.4, 0.5) is 17.3 Å². The number of anilines is 2. The third-order valence-electron chi connectivity index (χ3n) is 5.24. The summed E-state index contributed by atoms with van der Waals surface area (Å²) in [7, 11) is 0. The SMILES string of the molecule is O=C(NNc1ncnc(NCc2ccccc2Cl)c1[N+](=O)[O-])C(c1ccccc1)c1ccccc1. The Morgan fingerprint density at radius 1 is 0.886 bits per heavy atom. The molecule has 0 unspecified atom stereocenters. The lowest BCUT2D eigenvalue weighted by atomic mass is 9.91. The molecule has 0 aliphatic rings. The maximum absolute atomic E-state index is 13.2. The lowest BCUT2D eigenvalue weighted by molar-refractivity contribution is -0.383. The van der Waals surface area contributed by atoms with Gasteiger partial charge in [0.05, 0.1) is 10.8 Å². The molecule has 9 nitrogen and oxygen atoms in total. The molecule has 0 saturated heterocycles. The summed E-state index contributed by atoms with van der Waals surface area (Å²) in [4.78, 5) is 32.4. The van der Waals surface area contributed by atoms with Gasteiger partial charge in [-0.2, -0.15) is 0 Å². The lowest BCUT2D eigenvalue weighted by Crippen LogP contribution is -2.35. The van der Waals surface area contributed by atoms with Crippen LogP contribution in [0.15, 0.2) is 91.3 Å². The first kappa shape index (κ1) is 23.7. The highest BCUT2D eigenvalue weighted by Crippen LogP contribution is 2.30. The van der Waals surface area contributed by atoms with Gasteiger partial charge in [0.15, 0.2) is 0 Å². The summed E-state index contributed by atoms with van der Waals surface area (Å²) in [5.41, 5.74) is 7.07. The van der Waals surface area contributed by atoms with Crippen molar-refractivity contribution in [3.63, 3.8) is 0 Å². The molecule has 3 aromatic carbocycles. The zero-order chi connectivity index (χ0) is 24.6. The number of hydrogen-bond donors (Lipinski definition) is 3. The van der Waals surface area contributed by atoms with E-state index in [2.05, 4.69) is 26.1 Å². The molecule has 4 rings (SSSR count). The molecule has 3 N–H and O–H groups in total. The van der Waals surface area contributed by atoms with E-state index < -0.39 is 22.4 Å². The van der Waals surface area contributed by atoms with Gasteiger partial charge in [0.2, 0.25) is 17.5 Å². The fraction of sp³-hybridized carbons (Fsp3) is 0.0800. The quantitative estimate of drug-likeness (QED) is 0.225. The van der Waals surface area contributed by atoms with Gasteiger partial charge in [0.1, 0.15) is 6.33 Å². The van der Waals surface area contributed by atoms with E-state index in [0.717, 1.165) is 16.7 Å². The standard InChI is InChI=1S/C25H21ClN6O3/c26-20-14-8-7-13-19(20)15-27-23-22(32(34)35)24(29-16-28-23)30-31-25(33)21(17-9-3-1-4-10-17)18-11-5-2-6-12-18/h1-14,16,21H,15H2,(H,31,33)(H2,27,28,29,30). The molecule has 4 aromatic rings. The molecular formula is C25H21ClN6O3. The average molecular weight is 489 g/mol. The molecule has 10 heteroatoms. The minimum Gasteiger partial charge on any atom is -0.360 e. The van der Waals surface area contributed by atoms with Crippen molar-refractivity contribution in [2.75, 3.05) is 10.7 Å². The van der Waals surface area contributed by atoms with Gasteiger partial charge in [-0.25, -0.2) is 9.97 Å². The summed E-state index contributed by atoms with van der Waals surface area (Å²) < 4.78 is 0. The normalized spacial score (nSPS) is 10.6. The largest absolute Gasteiger partial charge is 0.360 e. The molecule has 176 valence electrons. The Balaban J connectivity index is 1.55. The number of nitrogens with zero attached hydrogens (tertiary/aromatic N) is 3. The number of carbonyl (C=O) groups excluding carboxylic acids is 1. The molecule has 1 heterocycles. The van der Waals surface area contributed by atoms with E-state index in [1.807, 2.05) is 66.7 Å². The van der Waals surface area contributed by atoms with Crippen molar-refractivity contribution in [2.24, 2.45) is 0 Å². The summed E-state index contributed by atoms with van der Waals surface area (Å²) in [6.07, 6.45) is 1.17. The number of nitrogens with one attached hydrogen (secondary N) is 3. The number of hydrazine groups is 1. The van der Waals surface area contributed by atoms with Crippen LogP contribution in [0.3, 0.4) is 0 Å². The van der Waals surface area contributed by atoms with Crippen LogP contribution in [0.25, 0.3) is 0 Å². The van der Waals surface area contributed by atoms with Crippen LogP contribution in [-0.2, 0) is 11.3 Å². The summed E-state index contributed by atoms with van der Waals surface area (Å²) in [6, 6.07) is 25.6. The van der Waals surface area contributed by atoms with Crippen LogP contribution in [0.2, 0.25) is 5.02 Å². The molecule has 0 aliphatic heterocycles. The molecule has 1 amide bonds. The molecule has 0 atom stereocenters. The highest BCUT2D eigenvalue weighted by atomic mass is 35.5. The predicted molar refractivity (Wildman–Crippen MR) is 134 cm³/mol. The van der Waals surface area contributed by atoms with Crippen molar-refractivity contribution < 1.29 is 9.72 Å². The molecule has 0 radical (unpaired) electrons. The number of aromatic nitrogens is 2. The Labute approximate surface area is 206 Å². The van der Waals surface area contributed by atoms with Gasteiger partial charge in [-0.1, -0.05) is 90.5 Å². The van der Waals surface area contributed by atoms with E-state index in [4.69, 9.17) is 11.6 Å². The first-order chi connectivity index (χ1) is 17.0. The van der Waals surface area contributed by atoms with Crippen LogP contribution in [0, 0.1) is 10.1 Å². The molecule has 1 aromatic heterocycles. The van der Waals surface area contributed by atoms with E-state index in [9.17, 15) is 14.9 Å². The maximum atomic E-state index is 13.2. The van der Waals surface area contributed by atoms with E-state index >= 15 is 0 Å². The Morgan fingerprint density at radius 3 is 2.06 bits per heavy atom. The van der Waals surface area contributed by atoms with E-state index in [1.54, 1.807) is 18.2 Å². The van der Waals surface area contributed by atoms with Gasteiger partial charge >= 0.3 is 5.69 Å². The van der Waals surface area contributed by atoms with Gasteiger partial charge in [-0.15, -0.1) is 0 Å². The van der Waals surface area contributed by atoms with Gasteiger partial charge in [-0.05, 0) is 22.8 Å². The monoisotopic (exact) mass is 488 g/mol. The van der Waals surface area contributed by atoms with Gasteiger partial charge in [-0.3, -0.25) is 25.8 Å². The smallest absolute Gasteiger partial charge is 0.354 e. The van der Waals surface area contributed by atoms with Crippen LogP contribution in [0.1, 0.15) is 22.6 Å². The molecule has 0 fully saturated rings. The zero-order valence-electron chi connectivity index (χ0n) is 18.4. The van der Waals surface area contributed by atoms with Gasteiger partial charge in [0, 0.05) is 11.6 Å². The summed E-state index contributed by atoms with van der Waals surface area (Å²) in [6.45, 7) is 0.216. The van der Waals surface area contributed by atoms with Crippen molar-refractivity contribution in [3.8, 4) is 0 Å². The minimum atomic E-state index is -0.636. The number of amides is 1. The van der Waals surface area contributed by atoms with Gasteiger partial charge < -0.3 is 5.32 Å². The minimum absolute atomic E-state index is 0.00987. The van der Waals surface area contributed by atoms with Crippen molar-refractivity contribution in [1.82, 2.24) is 15.4 Å². The Bertz CT molecular complexity index is 1280. The van der Waals surface area contributed by atoms with E-state index in [0.29, 0.717) is 5.02 Å². The first-order valence-corrected chi connectivity index (χ1v) is 11.0. The average Bonchev–Trinajstić information content (AvgIpc) is 2.88. The third kappa shape index (κ3) is 5.71. The number of halogens is 1. The van der Waals surface area contributed by atoms with Crippen LogP contribution >= 0.6 is 11.6 Å². The van der Waals surface area contributed by atoms with E-state index in [1.165, 1.54) is 6.33 Å². The second-order valence-electron chi connectivity index (χ2n) is 7.49. The molecular weight excluding hydrogens is 468 g/mol. The van der Waals surface area contributed by atoms with Crippen LogP contribution in [-0.4, -0.2) is 20.8 Å². The lowest BCUT2D eigenvalue weighted by Gasteiger charge is -2.18. The summed E-state index contributed by atoms with van der Waals surface area (Å²) in [5, 5.41) is 15.3. The second-order valence-corrected chi connectivity index (χ2v) is 7.90. The summed E-state index contributed by atoms with van der Waals surface area (Å²) >= 11 is 6.17. The highest BCUT2D eigenvalue weighted by Gasteiger charge is 2.26. The number of nitro groups is 1. The number of hydrogen-bond acceptors (Lipinski definition) is 7. The fourth-order valence-electron chi connectivity index (χ4n) is 3.57. The van der Waals surface area contributed by atoms with Crippen molar-refractivity contribution in [3.05, 3.63) is 123 Å². The van der Waals surface area contributed by atoms with Crippen LogP contribution in [0.5, 0.6) is 0 Å². The Hall–Kier alpha value is -4.50. The van der Waals surface area contributed by atoms with Crippen molar-refractivity contribution >= 4 is 34.8 Å². The van der Waals surface area contributed by atoms with Crippen molar-refractivity contribution in [1.29, 1.82) is 0 Å². The Morgan fingerprint density at radius 2 is 1.46 bits per heavy atom. The number of benzene rings is 3. The van der Waals surface area contributed by atoms with E-state index in [-0.39, 0.29) is 18.2 Å². The Kier molecular flexibility index (Phi) is 7.49. The number of carbonyl (C=O) groups is 1. The molecule has 0 saturated carbocycles. The second kappa shape index (κ2) is 11.1. The number of rotatable bonds is 9. The molecule has 0 spiro atoms. The van der Waals surface area contributed by atoms with Crippen molar-refractivity contribution in [2.45, 2.75) is 12.5 Å². The highest BCUT2D eigenvalue weighted by molar-refractivity contribution is 6.31. The third-order valence-corrected chi connectivity index (χ3v) is 5.61. The zero-order valence-corrected chi connectivity index (χ0v) is 19.1. The topological polar surface area (TPSA) is 122 Å². The maximum Gasteiger partial charge on any atom is 0.354 e. The predicted octanol–water partition coefficient (Wildman–Crippen LogP) is 4.93. The fourth-order valence-corrected chi connectivity index (χ4v) is 3.77. The first-order valence-electron chi connectivity index (χ1n) is 10.7.